The van der Waals surface area contributed by atoms with Crippen molar-refractivity contribution in [3.63, 3.8) is 0 Å². The van der Waals surface area contributed by atoms with Gasteiger partial charge >= 0.3 is 0 Å². The molecule has 5 rings (SSSR count). The van der Waals surface area contributed by atoms with Crippen molar-refractivity contribution in [1.29, 1.82) is 0 Å². The molecule has 0 saturated carbocycles. The summed E-state index contributed by atoms with van der Waals surface area (Å²) in [7, 11) is 0. The van der Waals surface area contributed by atoms with E-state index in [0.29, 0.717) is 5.15 Å². The summed E-state index contributed by atoms with van der Waals surface area (Å²) in [6, 6.07) is 19.3. The number of hydrogen-bond acceptors (Lipinski definition) is 2. The van der Waals surface area contributed by atoms with Crippen molar-refractivity contribution in [2.24, 2.45) is 0 Å². The van der Waals surface area contributed by atoms with Gasteiger partial charge in [-0.15, -0.1) is 0 Å². The van der Waals surface area contributed by atoms with E-state index in [-0.39, 0.29) is 6.04 Å². The van der Waals surface area contributed by atoms with Gasteiger partial charge in [0.15, 0.2) is 0 Å². The number of rotatable bonds is 2. The third-order valence-electron chi connectivity index (χ3n) is 5.66. The van der Waals surface area contributed by atoms with E-state index in [0.717, 1.165) is 39.9 Å². The maximum atomic E-state index is 6.65. The van der Waals surface area contributed by atoms with Gasteiger partial charge in [0.05, 0.1) is 23.0 Å². The van der Waals surface area contributed by atoms with Gasteiger partial charge in [-0.05, 0) is 48.7 Å². The molecule has 1 atom stereocenters. The highest BCUT2D eigenvalue weighted by Gasteiger charge is 2.28. The maximum Gasteiger partial charge on any atom is 0.140 e. The summed E-state index contributed by atoms with van der Waals surface area (Å²) in [6.07, 6.45) is 2.74. The van der Waals surface area contributed by atoms with Gasteiger partial charge in [0.1, 0.15) is 5.15 Å². The molecule has 0 amide bonds. The first-order chi connectivity index (χ1) is 13.6. The van der Waals surface area contributed by atoms with Crippen LogP contribution in [-0.2, 0) is 6.42 Å². The van der Waals surface area contributed by atoms with Gasteiger partial charge in [-0.3, -0.25) is 0 Å². The molecule has 0 spiro atoms. The molecule has 0 saturated heterocycles. The lowest BCUT2D eigenvalue weighted by Crippen LogP contribution is -2.28. The Kier molecular flexibility index (Phi) is 4.41. The first-order valence-electron chi connectivity index (χ1n) is 9.40. The van der Waals surface area contributed by atoms with E-state index < -0.39 is 0 Å². The van der Waals surface area contributed by atoms with Crippen LogP contribution in [-0.4, -0.2) is 16.5 Å². The minimum absolute atomic E-state index is 0.237. The van der Waals surface area contributed by atoms with Crippen LogP contribution in [0.5, 0.6) is 0 Å². The number of nitrogens with one attached hydrogen (secondary N) is 1. The van der Waals surface area contributed by atoms with Crippen molar-refractivity contribution in [1.82, 2.24) is 9.97 Å². The summed E-state index contributed by atoms with van der Waals surface area (Å²) in [4.78, 5) is 10.4. The lowest BCUT2D eigenvalue weighted by molar-refractivity contribution is 0.671. The van der Waals surface area contributed by atoms with Crippen LogP contribution in [0.3, 0.4) is 0 Å². The van der Waals surface area contributed by atoms with E-state index >= 15 is 0 Å². The van der Waals surface area contributed by atoms with Crippen molar-refractivity contribution >= 4 is 44.1 Å². The SMILES string of the molecule is C[C@@H](c1ccccc1)N1CCc2c([nH]c3ccc(Br)cc23)-c2c1ccnc2Cl. The van der Waals surface area contributed by atoms with Gasteiger partial charge in [0, 0.05) is 28.1 Å². The fourth-order valence-corrected chi connectivity index (χ4v) is 4.87. The number of halogens is 2. The van der Waals surface area contributed by atoms with Crippen molar-refractivity contribution in [3.05, 3.63) is 81.5 Å². The molecule has 1 aliphatic rings. The summed E-state index contributed by atoms with van der Waals surface area (Å²) < 4.78 is 1.08. The molecule has 0 unspecified atom stereocenters. The number of benzene rings is 2. The van der Waals surface area contributed by atoms with E-state index in [1.807, 2.05) is 0 Å². The topological polar surface area (TPSA) is 31.9 Å². The molecule has 140 valence electrons. The van der Waals surface area contributed by atoms with Crippen LogP contribution in [0.1, 0.15) is 24.1 Å². The third kappa shape index (κ3) is 2.83. The molecule has 3 nitrogen and oxygen atoms in total. The number of pyridine rings is 1. The van der Waals surface area contributed by atoms with E-state index in [9.17, 15) is 0 Å². The fourth-order valence-electron chi connectivity index (χ4n) is 4.26. The van der Waals surface area contributed by atoms with Gasteiger partial charge in [0.2, 0.25) is 0 Å². The summed E-state index contributed by atoms with van der Waals surface area (Å²) in [5.74, 6) is 0. The number of hydrogen-bond donors (Lipinski definition) is 1. The fraction of sp³-hybridized carbons (Fsp3) is 0.174. The Morgan fingerprint density at radius 1 is 1.14 bits per heavy atom. The molecule has 0 radical (unpaired) electrons. The zero-order valence-corrected chi connectivity index (χ0v) is 17.8. The Morgan fingerprint density at radius 3 is 2.79 bits per heavy atom. The van der Waals surface area contributed by atoms with Crippen LogP contribution < -0.4 is 4.90 Å². The van der Waals surface area contributed by atoms with Gasteiger partial charge in [0.25, 0.3) is 0 Å². The van der Waals surface area contributed by atoms with Crippen molar-refractivity contribution in [2.45, 2.75) is 19.4 Å². The van der Waals surface area contributed by atoms with Gasteiger partial charge < -0.3 is 9.88 Å². The minimum Gasteiger partial charge on any atom is -0.364 e. The molecule has 0 aliphatic carbocycles. The van der Waals surface area contributed by atoms with E-state index in [1.165, 1.54) is 16.5 Å². The second kappa shape index (κ2) is 6.94. The summed E-state index contributed by atoms with van der Waals surface area (Å²) in [5, 5.41) is 1.78. The summed E-state index contributed by atoms with van der Waals surface area (Å²) in [6.45, 7) is 3.16. The average Bonchev–Trinajstić information content (AvgIpc) is 2.97. The molecular weight excluding hydrogens is 434 g/mol. The van der Waals surface area contributed by atoms with Gasteiger partial charge in [-0.25, -0.2) is 4.98 Å². The molecule has 28 heavy (non-hydrogen) atoms. The molecule has 4 aromatic rings. The van der Waals surface area contributed by atoms with Crippen LogP contribution in [0.15, 0.2) is 65.3 Å². The van der Waals surface area contributed by atoms with Crippen LogP contribution in [0, 0.1) is 0 Å². The molecule has 3 heterocycles. The number of fused-ring (bicyclic) bond motifs is 5. The lowest BCUT2D eigenvalue weighted by atomic mass is 10.0. The van der Waals surface area contributed by atoms with Crippen molar-refractivity contribution in [2.75, 3.05) is 11.4 Å². The molecule has 1 aliphatic heterocycles. The predicted molar refractivity (Wildman–Crippen MR) is 120 cm³/mol. The molecule has 5 heteroatoms. The monoisotopic (exact) mass is 451 g/mol. The van der Waals surface area contributed by atoms with Gasteiger partial charge in [-0.2, -0.15) is 0 Å². The lowest BCUT2D eigenvalue weighted by Gasteiger charge is -2.32. The number of anilines is 1. The Labute approximate surface area is 177 Å². The minimum atomic E-state index is 0.237. The smallest absolute Gasteiger partial charge is 0.140 e. The quantitative estimate of drug-likeness (QED) is 0.340. The first kappa shape index (κ1) is 17.8. The van der Waals surface area contributed by atoms with Crippen LogP contribution in [0.25, 0.3) is 22.2 Å². The van der Waals surface area contributed by atoms with E-state index in [2.05, 4.69) is 92.3 Å². The highest BCUT2D eigenvalue weighted by atomic mass is 79.9. The Morgan fingerprint density at radius 2 is 1.96 bits per heavy atom. The number of H-pyrrole nitrogens is 1. The second-order valence-corrected chi connectivity index (χ2v) is 8.47. The summed E-state index contributed by atoms with van der Waals surface area (Å²) in [5.41, 5.74) is 6.93. The van der Waals surface area contributed by atoms with Crippen LogP contribution in [0.4, 0.5) is 5.69 Å². The molecule has 0 bridgehead atoms. The third-order valence-corrected chi connectivity index (χ3v) is 6.44. The molecule has 0 fully saturated rings. The largest absolute Gasteiger partial charge is 0.364 e. The Balaban J connectivity index is 1.72. The Bertz CT molecular complexity index is 1170. The zero-order chi connectivity index (χ0) is 19.3. The van der Waals surface area contributed by atoms with E-state index in [4.69, 9.17) is 11.6 Å². The zero-order valence-electron chi connectivity index (χ0n) is 15.4. The van der Waals surface area contributed by atoms with Gasteiger partial charge in [-0.1, -0.05) is 57.9 Å². The number of aromatic nitrogens is 2. The Hall–Kier alpha value is -2.30. The maximum absolute atomic E-state index is 6.65. The molecular formula is C23H19BrClN3. The predicted octanol–water partition coefficient (Wildman–Crippen LogP) is 6.77. The van der Waals surface area contributed by atoms with Crippen LogP contribution in [0.2, 0.25) is 5.15 Å². The standard InChI is InChI=1S/C23H19BrClN3/c1-14(15-5-3-2-4-6-15)28-12-10-17-18-13-16(24)7-8-19(18)27-22(17)21-20(28)9-11-26-23(21)25/h2-9,11,13-14,27H,10,12H2,1H3/t14-/m0/s1. The average molecular weight is 453 g/mol. The highest BCUT2D eigenvalue weighted by molar-refractivity contribution is 9.10. The number of aromatic amines is 1. The summed E-state index contributed by atoms with van der Waals surface area (Å²) >= 11 is 10.3. The second-order valence-electron chi connectivity index (χ2n) is 7.19. The molecule has 2 aromatic carbocycles. The highest BCUT2D eigenvalue weighted by Crippen LogP contribution is 2.44. The number of nitrogens with zero attached hydrogens (tertiary/aromatic N) is 2. The molecule has 1 N–H and O–H groups in total. The first-order valence-corrected chi connectivity index (χ1v) is 10.6. The van der Waals surface area contributed by atoms with E-state index in [1.54, 1.807) is 6.20 Å². The van der Waals surface area contributed by atoms with Crippen molar-refractivity contribution < 1.29 is 0 Å². The molecule has 2 aromatic heterocycles. The van der Waals surface area contributed by atoms with Crippen molar-refractivity contribution in [3.8, 4) is 11.3 Å². The van der Waals surface area contributed by atoms with Crippen LogP contribution >= 0.6 is 27.5 Å². The normalized spacial score (nSPS) is 14.5.